The molecule has 2 aromatic rings. The van der Waals surface area contributed by atoms with E-state index in [0.717, 1.165) is 11.4 Å². The normalized spacial score (nSPS) is 10.8. The molecular weight excluding hydrogens is 274 g/mol. The van der Waals surface area contributed by atoms with Gasteiger partial charge in [0.1, 0.15) is 5.69 Å². The molecule has 2 rings (SSSR count). The van der Waals surface area contributed by atoms with E-state index < -0.39 is 0 Å². The van der Waals surface area contributed by atoms with Crippen LogP contribution in [0.5, 0.6) is 0 Å². The number of hydrogen-bond acceptors (Lipinski definition) is 3. The number of carbonyl (C=O) groups is 1. The highest BCUT2D eigenvalue weighted by Gasteiger charge is 2.09. The van der Waals surface area contributed by atoms with E-state index in [0.29, 0.717) is 11.6 Å². The van der Waals surface area contributed by atoms with Crippen LogP contribution in [-0.4, -0.2) is 16.9 Å². The van der Waals surface area contributed by atoms with Gasteiger partial charge in [0.2, 0.25) is 0 Å². The van der Waals surface area contributed by atoms with Gasteiger partial charge in [0.05, 0.1) is 11.9 Å². The van der Waals surface area contributed by atoms with E-state index in [1.54, 1.807) is 12.3 Å². The van der Waals surface area contributed by atoms with Crippen molar-refractivity contribution in [1.82, 2.24) is 10.3 Å². The molecule has 0 spiro atoms. The lowest BCUT2D eigenvalue weighted by Gasteiger charge is -2.14. The molecule has 0 radical (unpaired) electrons. The molecule has 0 bridgehead atoms. The third kappa shape index (κ3) is 4.07. The smallest absolute Gasteiger partial charge is 0.270 e. The van der Waals surface area contributed by atoms with Crippen LogP contribution >= 0.6 is 0 Å². The van der Waals surface area contributed by atoms with Crippen LogP contribution in [0.25, 0.3) is 0 Å². The second kappa shape index (κ2) is 7.07. The minimum Gasteiger partial charge on any atom is -0.354 e. The Morgan fingerprint density at radius 1 is 1.05 bits per heavy atom. The molecule has 0 aliphatic heterocycles. The van der Waals surface area contributed by atoms with Crippen molar-refractivity contribution in [2.24, 2.45) is 0 Å². The summed E-state index contributed by atoms with van der Waals surface area (Å²) >= 11 is 0. The van der Waals surface area contributed by atoms with E-state index >= 15 is 0 Å². The molecule has 116 valence electrons. The Morgan fingerprint density at radius 2 is 1.77 bits per heavy atom. The lowest BCUT2D eigenvalue weighted by atomic mass is 10.0. The standard InChI is InChI=1S/C18H23N3O/c1-12(2)15-7-5-6-8-16(15)21-14-9-10-17(19-11-14)18(22)20-13(3)4/h5-13,21H,1-4H3,(H,20,22). The van der Waals surface area contributed by atoms with Crippen molar-refractivity contribution in [3.05, 3.63) is 53.9 Å². The number of amides is 1. The highest BCUT2D eigenvalue weighted by atomic mass is 16.1. The average Bonchev–Trinajstić information content (AvgIpc) is 2.47. The van der Waals surface area contributed by atoms with Crippen molar-refractivity contribution >= 4 is 17.3 Å². The summed E-state index contributed by atoms with van der Waals surface area (Å²) in [4.78, 5) is 16.1. The van der Waals surface area contributed by atoms with E-state index in [1.165, 1.54) is 5.56 Å². The molecule has 4 nitrogen and oxygen atoms in total. The molecule has 1 amide bonds. The van der Waals surface area contributed by atoms with Crippen LogP contribution in [0.4, 0.5) is 11.4 Å². The molecular formula is C18H23N3O. The minimum atomic E-state index is -0.149. The number of pyridine rings is 1. The first kappa shape index (κ1) is 16.0. The number of hydrogen-bond donors (Lipinski definition) is 2. The summed E-state index contributed by atoms with van der Waals surface area (Å²) in [5.74, 6) is 0.289. The summed E-state index contributed by atoms with van der Waals surface area (Å²) in [6.45, 7) is 8.18. The van der Waals surface area contributed by atoms with Gasteiger partial charge >= 0.3 is 0 Å². The highest BCUT2D eigenvalue weighted by molar-refractivity contribution is 5.92. The predicted molar refractivity (Wildman–Crippen MR) is 90.7 cm³/mol. The number of rotatable bonds is 5. The number of nitrogens with one attached hydrogen (secondary N) is 2. The van der Waals surface area contributed by atoms with Gasteiger partial charge in [-0.05, 0) is 43.5 Å². The molecule has 1 aromatic carbocycles. The molecule has 1 aromatic heterocycles. The Morgan fingerprint density at radius 3 is 2.36 bits per heavy atom. The van der Waals surface area contributed by atoms with Crippen LogP contribution in [0.2, 0.25) is 0 Å². The van der Waals surface area contributed by atoms with Crippen molar-refractivity contribution in [2.45, 2.75) is 39.7 Å². The molecule has 0 atom stereocenters. The van der Waals surface area contributed by atoms with Gasteiger partial charge in [-0.3, -0.25) is 4.79 Å². The fraction of sp³-hybridized carbons (Fsp3) is 0.333. The monoisotopic (exact) mass is 297 g/mol. The van der Waals surface area contributed by atoms with E-state index in [-0.39, 0.29) is 11.9 Å². The highest BCUT2D eigenvalue weighted by Crippen LogP contribution is 2.26. The Kier molecular flexibility index (Phi) is 5.15. The SMILES string of the molecule is CC(C)NC(=O)c1ccc(Nc2ccccc2C(C)C)cn1. The second-order valence-corrected chi connectivity index (χ2v) is 5.93. The first-order valence-electron chi connectivity index (χ1n) is 7.60. The molecule has 4 heteroatoms. The van der Waals surface area contributed by atoms with Gasteiger partial charge in [-0.25, -0.2) is 4.98 Å². The maximum absolute atomic E-state index is 11.9. The van der Waals surface area contributed by atoms with Crippen molar-refractivity contribution in [3.8, 4) is 0 Å². The topological polar surface area (TPSA) is 54.0 Å². The zero-order valence-electron chi connectivity index (χ0n) is 13.6. The second-order valence-electron chi connectivity index (χ2n) is 5.93. The Labute approximate surface area is 132 Å². The number of aromatic nitrogens is 1. The molecule has 0 aliphatic carbocycles. The Bertz CT molecular complexity index is 633. The third-order valence-corrected chi connectivity index (χ3v) is 3.28. The van der Waals surface area contributed by atoms with Gasteiger partial charge in [-0.15, -0.1) is 0 Å². The van der Waals surface area contributed by atoms with Crippen molar-refractivity contribution in [3.63, 3.8) is 0 Å². The fourth-order valence-corrected chi connectivity index (χ4v) is 2.21. The number of anilines is 2. The van der Waals surface area contributed by atoms with Gasteiger partial charge in [0.25, 0.3) is 5.91 Å². The molecule has 1 heterocycles. The summed E-state index contributed by atoms with van der Waals surface area (Å²) in [6, 6.07) is 11.9. The van der Waals surface area contributed by atoms with Crippen LogP contribution in [-0.2, 0) is 0 Å². The molecule has 0 aliphatic rings. The van der Waals surface area contributed by atoms with Crippen molar-refractivity contribution in [2.75, 3.05) is 5.32 Å². The summed E-state index contributed by atoms with van der Waals surface area (Å²) in [5, 5.41) is 6.20. The molecule has 2 N–H and O–H groups in total. The zero-order chi connectivity index (χ0) is 16.1. The van der Waals surface area contributed by atoms with Crippen molar-refractivity contribution in [1.29, 1.82) is 0 Å². The van der Waals surface area contributed by atoms with E-state index in [2.05, 4.69) is 41.6 Å². The van der Waals surface area contributed by atoms with Crippen LogP contribution in [0.1, 0.15) is 49.7 Å². The van der Waals surface area contributed by atoms with Crippen molar-refractivity contribution < 1.29 is 4.79 Å². The summed E-state index contributed by atoms with van der Waals surface area (Å²) in [7, 11) is 0. The number of nitrogens with zero attached hydrogens (tertiary/aromatic N) is 1. The van der Waals surface area contributed by atoms with E-state index in [1.807, 2.05) is 32.0 Å². The molecule has 0 saturated carbocycles. The minimum absolute atomic E-state index is 0.102. The quantitative estimate of drug-likeness (QED) is 0.874. The third-order valence-electron chi connectivity index (χ3n) is 3.28. The predicted octanol–water partition coefficient (Wildman–Crippen LogP) is 4.09. The van der Waals surface area contributed by atoms with Gasteiger partial charge in [0.15, 0.2) is 0 Å². The molecule has 0 fully saturated rings. The summed E-state index contributed by atoms with van der Waals surface area (Å²) in [5.41, 5.74) is 3.62. The first-order valence-corrected chi connectivity index (χ1v) is 7.60. The number of benzene rings is 1. The molecule has 0 unspecified atom stereocenters. The van der Waals surface area contributed by atoms with Crippen LogP contribution in [0, 0.1) is 0 Å². The van der Waals surface area contributed by atoms with Crippen LogP contribution in [0.3, 0.4) is 0 Å². The Balaban J connectivity index is 2.14. The Hall–Kier alpha value is -2.36. The number of carbonyl (C=O) groups excluding carboxylic acids is 1. The first-order chi connectivity index (χ1) is 10.5. The van der Waals surface area contributed by atoms with Crippen LogP contribution in [0.15, 0.2) is 42.6 Å². The lowest BCUT2D eigenvalue weighted by Crippen LogP contribution is -2.30. The zero-order valence-corrected chi connectivity index (χ0v) is 13.6. The average molecular weight is 297 g/mol. The van der Waals surface area contributed by atoms with Crippen LogP contribution < -0.4 is 10.6 Å². The van der Waals surface area contributed by atoms with Gasteiger partial charge in [-0.1, -0.05) is 32.0 Å². The number of para-hydroxylation sites is 1. The largest absolute Gasteiger partial charge is 0.354 e. The van der Waals surface area contributed by atoms with E-state index in [4.69, 9.17) is 0 Å². The lowest BCUT2D eigenvalue weighted by molar-refractivity contribution is 0.0938. The van der Waals surface area contributed by atoms with Gasteiger partial charge in [-0.2, -0.15) is 0 Å². The maximum atomic E-state index is 11.9. The fourth-order valence-electron chi connectivity index (χ4n) is 2.21. The summed E-state index contributed by atoms with van der Waals surface area (Å²) < 4.78 is 0. The summed E-state index contributed by atoms with van der Waals surface area (Å²) in [6.07, 6.45) is 1.69. The molecule has 22 heavy (non-hydrogen) atoms. The van der Waals surface area contributed by atoms with E-state index in [9.17, 15) is 4.79 Å². The van der Waals surface area contributed by atoms with Gasteiger partial charge in [0, 0.05) is 11.7 Å². The maximum Gasteiger partial charge on any atom is 0.270 e. The molecule has 0 saturated heterocycles. The van der Waals surface area contributed by atoms with Gasteiger partial charge < -0.3 is 10.6 Å².